The maximum atomic E-state index is 5.44. The summed E-state index contributed by atoms with van der Waals surface area (Å²) in [4.78, 5) is 0. The van der Waals surface area contributed by atoms with E-state index in [0.717, 1.165) is 12.5 Å². The minimum atomic E-state index is 0.882. The largest absolute Gasteiger partial charge is 0.330 e. The first kappa shape index (κ1) is 9.05. The summed E-state index contributed by atoms with van der Waals surface area (Å²) in [7, 11) is 0. The normalized spacial score (nSPS) is 20.5. The molecule has 0 spiro atoms. The average molecular weight is 155 g/mol. The lowest BCUT2D eigenvalue weighted by Gasteiger charge is -2.20. The summed E-state index contributed by atoms with van der Waals surface area (Å²) in [5.74, 6) is 1.05. The Morgan fingerprint density at radius 1 is 1.00 bits per heavy atom. The molecule has 0 heterocycles. The number of hydrogen-bond acceptors (Lipinski definition) is 1. The lowest BCUT2D eigenvalue weighted by molar-refractivity contribution is 0.330. The number of hydrogen-bond donors (Lipinski definition) is 1. The molecule has 1 aliphatic carbocycles. The van der Waals surface area contributed by atoms with Crippen LogP contribution in [0.25, 0.3) is 0 Å². The van der Waals surface area contributed by atoms with Gasteiger partial charge in [-0.3, -0.25) is 0 Å². The van der Waals surface area contributed by atoms with Crippen molar-refractivity contribution >= 4 is 0 Å². The van der Waals surface area contributed by atoms with Gasteiger partial charge in [-0.1, -0.05) is 44.9 Å². The maximum Gasteiger partial charge on any atom is -0.00773 e. The van der Waals surface area contributed by atoms with E-state index < -0.39 is 0 Å². The minimum absolute atomic E-state index is 0.882. The molecular formula is C10H21N. The van der Waals surface area contributed by atoms with Gasteiger partial charge in [-0.2, -0.15) is 0 Å². The predicted molar refractivity (Wildman–Crippen MR) is 49.5 cm³/mol. The van der Waals surface area contributed by atoms with Gasteiger partial charge in [0.25, 0.3) is 0 Å². The van der Waals surface area contributed by atoms with Crippen LogP contribution >= 0.6 is 0 Å². The third-order valence-corrected chi connectivity index (χ3v) is 2.79. The van der Waals surface area contributed by atoms with Crippen molar-refractivity contribution in [3.8, 4) is 0 Å². The smallest absolute Gasteiger partial charge is 0.00773 e. The molecule has 0 radical (unpaired) electrons. The molecule has 0 bridgehead atoms. The quantitative estimate of drug-likeness (QED) is 0.621. The van der Waals surface area contributed by atoms with E-state index in [0.29, 0.717) is 0 Å². The van der Waals surface area contributed by atoms with Gasteiger partial charge >= 0.3 is 0 Å². The molecule has 1 saturated carbocycles. The van der Waals surface area contributed by atoms with Gasteiger partial charge in [0, 0.05) is 0 Å². The molecule has 1 heteroatoms. The molecule has 0 aromatic rings. The number of unbranched alkanes of at least 4 members (excludes halogenated alkanes) is 1. The van der Waals surface area contributed by atoms with Gasteiger partial charge < -0.3 is 5.73 Å². The van der Waals surface area contributed by atoms with Crippen molar-refractivity contribution < 1.29 is 0 Å². The Hall–Kier alpha value is -0.0400. The molecule has 1 nitrogen and oxygen atoms in total. The van der Waals surface area contributed by atoms with Crippen LogP contribution in [0.3, 0.4) is 0 Å². The Kier molecular flexibility index (Phi) is 4.60. The predicted octanol–water partition coefficient (Wildman–Crippen LogP) is 2.70. The third-order valence-electron chi connectivity index (χ3n) is 2.79. The van der Waals surface area contributed by atoms with Crippen molar-refractivity contribution in [3.63, 3.8) is 0 Å². The Morgan fingerprint density at radius 2 is 1.73 bits per heavy atom. The summed E-state index contributed by atoms with van der Waals surface area (Å²) < 4.78 is 0. The van der Waals surface area contributed by atoms with Crippen LogP contribution in [-0.4, -0.2) is 6.54 Å². The standard InChI is InChI=1S/C10H21N/c11-9-5-4-8-10-6-2-1-3-7-10/h10H,1-9,11H2. The summed E-state index contributed by atoms with van der Waals surface area (Å²) in [5, 5.41) is 0. The first-order chi connectivity index (χ1) is 5.43. The monoisotopic (exact) mass is 155 g/mol. The molecule has 2 N–H and O–H groups in total. The van der Waals surface area contributed by atoms with E-state index in [2.05, 4.69) is 0 Å². The zero-order valence-corrected chi connectivity index (χ0v) is 7.52. The summed E-state index contributed by atoms with van der Waals surface area (Å²) in [6.07, 6.45) is 11.5. The molecule has 11 heavy (non-hydrogen) atoms. The fourth-order valence-corrected chi connectivity index (χ4v) is 2.05. The molecule has 1 fully saturated rings. The Labute approximate surface area is 70.4 Å². The van der Waals surface area contributed by atoms with Crippen LogP contribution in [0.1, 0.15) is 51.4 Å². The summed E-state index contributed by atoms with van der Waals surface area (Å²) in [6.45, 7) is 0.882. The van der Waals surface area contributed by atoms with Gasteiger partial charge in [0.15, 0.2) is 0 Å². The molecule has 0 aromatic carbocycles. The minimum Gasteiger partial charge on any atom is -0.330 e. The molecule has 0 unspecified atom stereocenters. The summed E-state index contributed by atoms with van der Waals surface area (Å²) >= 11 is 0. The van der Waals surface area contributed by atoms with Gasteiger partial charge in [-0.05, 0) is 18.9 Å². The van der Waals surface area contributed by atoms with E-state index in [-0.39, 0.29) is 0 Å². The van der Waals surface area contributed by atoms with Gasteiger partial charge in [-0.25, -0.2) is 0 Å². The van der Waals surface area contributed by atoms with Crippen LogP contribution in [0.4, 0.5) is 0 Å². The van der Waals surface area contributed by atoms with Crippen molar-refractivity contribution in [2.75, 3.05) is 6.54 Å². The topological polar surface area (TPSA) is 26.0 Å². The van der Waals surface area contributed by atoms with Crippen molar-refractivity contribution in [1.29, 1.82) is 0 Å². The zero-order valence-electron chi connectivity index (χ0n) is 7.52. The fourth-order valence-electron chi connectivity index (χ4n) is 2.05. The molecule has 0 atom stereocenters. The molecule has 0 aromatic heterocycles. The highest BCUT2D eigenvalue weighted by Crippen LogP contribution is 2.27. The molecule has 66 valence electrons. The van der Waals surface area contributed by atoms with E-state index in [4.69, 9.17) is 5.73 Å². The molecule has 0 aliphatic heterocycles. The van der Waals surface area contributed by atoms with Crippen LogP contribution in [-0.2, 0) is 0 Å². The van der Waals surface area contributed by atoms with Crippen molar-refractivity contribution in [2.24, 2.45) is 11.7 Å². The molecular weight excluding hydrogens is 134 g/mol. The van der Waals surface area contributed by atoms with Gasteiger partial charge in [-0.15, -0.1) is 0 Å². The fraction of sp³-hybridized carbons (Fsp3) is 1.00. The van der Waals surface area contributed by atoms with Crippen molar-refractivity contribution in [3.05, 3.63) is 0 Å². The van der Waals surface area contributed by atoms with Crippen molar-refractivity contribution in [1.82, 2.24) is 0 Å². The highest BCUT2D eigenvalue weighted by molar-refractivity contribution is 4.65. The number of rotatable bonds is 4. The van der Waals surface area contributed by atoms with Crippen LogP contribution in [0.2, 0.25) is 0 Å². The zero-order chi connectivity index (χ0) is 7.94. The lowest BCUT2D eigenvalue weighted by atomic mass is 9.86. The van der Waals surface area contributed by atoms with Gasteiger partial charge in [0.05, 0.1) is 0 Å². The average Bonchev–Trinajstić information content (AvgIpc) is 2.07. The molecule has 0 amide bonds. The Balaban J connectivity index is 1.96. The van der Waals surface area contributed by atoms with Crippen LogP contribution in [0.5, 0.6) is 0 Å². The van der Waals surface area contributed by atoms with E-state index in [9.17, 15) is 0 Å². The number of nitrogens with two attached hydrogens (primary N) is 1. The molecule has 1 aliphatic rings. The lowest BCUT2D eigenvalue weighted by Crippen LogP contribution is -2.07. The maximum absolute atomic E-state index is 5.44. The van der Waals surface area contributed by atoms with Gasteiger partial charge in [0.2, 0.25) is 0 Å². The highest BCUT2D eigenvalue weighted by atomic mass is 14.5. The second-order valence-corrected chi connectivity index (χ2v) is 3.79. The summed E-state index contributed by atoms with van der Waals surface area (Å²) in [5.41, 5.74) is 5.44. The van der Waals surface area contributed by atoms with Crippen molar-refractivity contribution in [2.45, 2.75) is 51.4 Å². The SMILES string of the molecule is NCCCCC1CCCCC1. The van der Waals surface area contributed by atoms with E-state index >= 15 is 0 Å². The second kappa shape index (κ2) is 5.59. The second-order valence-electron chi connectivity index (χ2n) is 3.79. The molecule has 1 rings (SSSR count). The highest BCUT2D eigenvalue weighted by Gasteiger charge is 2.11. The first-order valence-electron chi connectivity index (χ1n) is 5.13. The van der Waals surface area contributed by atoms with Crippen LogP contribution in [0, 0.1) is 5.92 Å². The van der Waals surface area contributed by atoms with Crippen LogP contribution in [0.15, 0.2) is 0 Å². The van der Waals surface area contributed by atoms with Crippen LogP contribution < -0.4 is 5.73 Å². The first-order valence-corrected chi connectivity index (χ1v) is 5.13. The Morgan fingerprint density at radius 3 is 2.36 bits per heavy atom. The van der Waals surface area contributed by atoms with E-state index in [1.165, 1.54) is 51.4 Å². The van der Waals surface area contributed by atoms with E-state index in [1.807, 2.05) is 0 Å². The Bertz CT molecular complexity index is 84.9. The van der Waals surface area contributed by atoms with E-state index in [1.54, 1.807) is 0 Å². The molecule has 0 saturated heterocycles. The van der Waals surface area contributed by atoms with Gasteiger partial charge in [0.1, 0.15) is 0 Å². The third kappa shape index (κ3) is 3.76. The summed E-state index contributed by atoms with van der Waals surface area (Å²) in [6, 6.07) is 0.